The summed E-state index contributed by atoms with van der Waals surface area (Å²) in [5.41, 5.74) is 18.6. The lowest BCUT2D eigenvalue weighted by atomic mass is 10.1. The van der Waals surface area contributed by atoms with Crippen molar-refractivity contribution in [2.24, 2.45) is 0 Å². The van der Waals surface area contributed by atoms with Crippen molar-refractivity contribution in [1.82, 2.24) is 40.8 Å². The lowest BCUT2D eigenvalue weighted by molar-refractivity contribution is -0.117. The standard InChI is InChI=1S/C17H19N5OS3.C8H7ClO.C8H12N6S3/c18-17-22-20-15(26-17)7-9-24-8-6-14-19-21-16(25-14)11-13(23)10-12-4-2-1-3-5-12;9-8(10)6-7-4-2-1-3-5-7;9-7-13-11-5(16-7)1-3-15-4-2-6-12-14-8(10)17-6/h1-5H,6-11H2,(H2,18,22);1-5H,6H2;1-4H2,(H2,9,13)(H2,10,14). The van der Waals surface area contributed by atoms with Crippen LogP contribution in [0.4, 0.5) is 15.4 Å². The Morgan fingerprint density at radius 3 is 1.23 bits per heavy atom. The Morgan fingerprint density at radius 1 is 0.491 bits per heavy atom. The monoisotopic (exact) mass is 847 g/mol. The summed E-state index contributed by atoms with van der Waals surface area (Å²) >= 11 is 14.8. The number of nitrogens with zero attached hydrogens (tertiary/aromatic N) is 8. The third kappa shape index (κ3) is 17.9. The second-order valence-corrected chi connectivity index (χ2v) is 18.1. The number of aromatic nitrogens is 8. The van der Waals surface area contributed by atoms with Crippen molar-refractivity contribution in [3.63, 3.8) is 0 Å². The molecule has 13 nitrogen and oxygen atoms in total. The first-order chi connectivity index (χ1) is 25.7. The van der Waals surface area contributed by atoms with Gasteiger partial charge in [0.25, 0.3) is 0 Å². The van der Waals surface area contributed by atoms with Crippen LogP contribution >= 0.6 is 80.5 Å². The Bertz CT molecular complexity index is 1900. The number of thioether (sulfide) groups is 2. The third-order valence-electron chi connectivity index (χ3n) is 6.58. The number of aryl methyl sites for hydroxylation is 4. The molecule has 6 aromatic rings. The number of carbonyl (C=O) groups is 2. The van der Waals surface area contributed by atoms with Crippen LogP contribution in [0.1, 0.15) is 36.2 Å². The smallest absolute Gasteiger partial charge is 0.226 e. The largest absolute Gasteiger partial charge is 0.374 e. The molecular weight excluding hydrogens is 810 g/mol. The molecule has 0 aliphatic carbocycles. The Hall–Kier alpha value is -3.59. The number of carbonyl (C=O) groups excluding carboxylic acids is 2. The highest BCUT2D eigenvalue weighted by Gasteiger charge is 2.11. The summed E-state index contributed by atoms with van der Waals surface area (Å²) in [5, 5.41) is 37.7. The molecule has 0 atom stereocenters. The second-order valence-electron chi connectivity index (χ2n) is 10.8. The van der Waals surface area contributed by atoms with Crippen molar-refractivity contribution >= 4 is 107 Å². The van der Waals surface area contributed by atoms with Gasteiger partial charge in [-0.05, 0) is 45.7 Å². The van der Waals surface area contributed by atoms with Crippen molar-refractivity contribution < 1.29 is 9.59 Å². The molecule has 0 fully saturated rings. The zero-order valence-corrected chi connectivity index (χ0v) is 34.2. The van der Waals surface area contributed by atoms with E-state index in [0.29, 0.717) is 34.7 Å². The van der Waals surface area contributed by atoms with Gasteiger partial charge in [-0.2, -0.15) is 23.5 Å². The molecule has 0 radical (unpaired) electrons. The number of nitrogens with two attached hydrogens (primary N) is 3. The summed E-state index contributed by atoms with van der Waals surface area (Å²) in [6, 6.07) is 19.2. The maximum Gasteiger partial charge on any atom is 0.226 e. The highest BCUT2D eigenvalue weighted by Crippen LogP contribution is 2.18. The molecule has 4 heterocycles. The molecule has 2 aromatic carbocycles. The average molecular weight is 849 g/mol. The first kappa shape index (κ1) is 42.2. The molecule has 4 aromatic heterocycles. The topological polar surface area (TPSA) is 215 Å². The highest BCUT2D eigenvalue weighted by atomic mass is 35.5. The second kappa shape index (κ2) is 23.9. The van der Waals surface area contributed by atoms with Crippen LogP contribution in [0, 0.1) is 0 Å². The molecule has 0 unspecified atom stereocenters. The van der Waals surface area contributed by atoms with Gasteiger partial charge in [-0.25, -0.2) is 0 Å². The molecular formula is C33H38ClN11O2S6. The van der Waals surface area contributed by atoms with E-state index in [-0.39, 0.29) is 11.0 Å². The normalized spacial score (nSPS) is 10.6. The molecule has 0 aliphatic rings. The van der Waals surface area contributed by atoms with E-state index in [0.717, 1.165) is 84.9 Å². The number of rotatable bonds is 18. The number of nitrogen functional groups attached to an aromatic ring is 3. The summed E-state index contributed by atoms with van der Waals surface area (Å²) in [5.74, 6) is 4.16. The molecule has 0 aliphatic heterocycles. The number of halogens is 1. The van der Waals surface area contributed by atoms with E-state index in [1.807, 2.05) is 84.2 Å². The van der Waals surface area contributed by atoms with Crippen molar-refractivity contribution in [3.05, 3.63) is 96.8 Å². The highest BCUT2D eigenvalue weighted by molar-refractivity contribution is 7.99. The molecule has 280 valence electrons. The van der Waals surface area contributed by atoms with Gasteiger partial charge in [0, 0.05) is 38.5 Å². The molecule has 0 bridgehead atoms. The fourth-order valence-corrected chi connectivity index (χ4v) is 9.35. The first-order valence-electron chi connectivity index (χ1n) is 16.2. The molecule has 0 spiro atoms. The van der Waals surface area contributed by atoms with Gasteiger partial charge in [-0.3, -0.25) is 9.59 Å². The maximum absolute atomic E-state index is 12.1. The van der Waals surface area contributed by atoms with E-state index in [2.05, 4.69) is 40.8 Å². The third-order valence-corrected chi connectivity index (χ3v) is 12.1. The van der Waals surface area contributed by atoms with E-state index in [1.54, 1.807) is 0 Å². The van der Waals surface area contributed by atoms with Crippen LogP contribution in [-0.4, -0.2) is 74.8 Å². The maximum atomic E-state index is 12.1. The van der Waals surface area contributed by atoms with Crippen LogP contribution < -0.4 is 17.2 Å². The van der Waals surface area contributed by atoms with Gasteiger partial charge >= 0.3 is 0 Å². The summed E-state index contributed by atoms with van der Waals surface area (Å²) in [6.45, 7) is 0. The minimum absolute atomic E-state index is 0.171. The summed E-state index contributed by atoms with van der Waals surface area (Å²) in [7, 11) is 0. The predicted octanol–water partition coefficient (Wildman–Crippen LogP) is 5.91. The van der Waals surface area contributed by atoms with Gasteiger partial charge in [0.1, 0.15) is 30.8 Å². The van der Waals surface area contributed by atoms with E-state index in [9.17, 15) is 9.59 Å². The van der Waals surface area contributed by atoms with Crippen molar-refractivity contribution in [3.8, 4) is 0 Å². The number of ketones is 1. The summed E-state index contributed by atoms with van der Waals surface area (Å²) < 4.78 is 0. The average Bonchev–Trinajstić information content (AvgIpc) is 3.96. The van der Waals surface area contributed by atoms with Crippen molar-refractivity contribution in [2.75, 3.05) is 40.2 Å². The lowest BCUT2D eigenvalue weighted by Crippen LogP contribution is -2.06. The van der Waals surface area contributed by atoms with Gasteiger partial charge in [-0.15, -0.1) is 52.1 Å². The number of anilines is 3. The van der Waals surface area contributed by atoms with E-state index < -0.39 is 0 Å². The van der Waals surface area contributed by atoms with E-state index in [4.69, 9.17) is 28.8 Å². The zero-order chi connectivity index (χ0) is 37.7. The quantitative estimate of drug-likeness (QED) is 0.0677. The molecule has 53 heavy (non-hydrogen) atoms. The lowest BCUT2D eigenvalue weighted by Gasteiger charge is -1.98. The fourth-order valence-electron chi connectivity index (χ4n) is 4.22. The van der Waals surface area contributed by atoms with Crippen LogP contribution in [0.3, 0.4) is 0 Å². The van der Waals surface area contributed by atoms with Crippen LogP contribution in [0.25, 0.3) is 0 Å². The SMILES string of the molecule is Nc1nnc(CCSCCc2nnc(CC(=O)Cc3ccccc3)s2)s1.Nc1nnc(CCSCCc2nnc(N)s2)s1.O=C(Cl)Cc1ccccc1. The van der Waals surface area contributed by atoms with Gasteiger partial charge in [0.05, 0.1) is 6.42 Å². The summed E-state index contributed by atoms with van der Waals surface area (Å²) in [4.78, 5) is 22.5. The molecule has 0 saturated carbocycles. The Labute approximate surface area is 337 Å². The minimum Gasteiger partial charge on any atom is -0.374 e. The zero-order valence-electron chi connectivity index (χ0n) is 28.5. The van der Waals surface area contributed by atoms with Crippen molar-refractivity contribution in [2.45, 2.75) is 44.9 Å². The number of hydrogen-bond acceptors (Lipinski definition) is 19. The predicted molar refractivity (Wildman–Crippen MR) is 222 cm³/mol. The number of hydrogen-bond donors (Lipinski definition) is 3. The Balaban J connectivity index is 0.000000198. The van der Waals surface area contributed by atoms with E-state index in [1.165, 1.54) is 45.3 Å². The summed E-state index contributed by atoms with van der Waals surface area (Å²) in [6.07, 6.45) is 4.71. The van der Waals surface area contributed by atoms with Crippen LogP contribution in [0.5, 0.6) is 0 Å². The van der Waals surface area contributed by atoms with Crippen LogP contribution in [0.2, 0.25) is 0 Å². The molecule has 6 rings (SSSR count). The van der Waals surface area contributed by atoms with Crippen LogP contribution in [-0.2, 0) is 54.5 Å². The molecule has 6 N–H and O–H groups in total. The van der Waals surface area contributed by atoms with Gasteiger partial charge < -0.3 is 17.2 Å². The fraction of sp³-hybridized carbons (Fsp3) is 0.333. The molecule has 20 heteroatoms. The Morgan fingerprint density at radius 2 is 0.849 bits per heavy atom. The van der Waals surface area contributed by atoms with Gasteiger partial charge in [-0.1, -0.05) is 94.7 Å². The number of benzene rings is 2. The minimum atomic E-state index is -0.314. The first-order valence-corrected chi connectivity index (χ1v) is 22.2. The van der Waals surface area contributed by atoms with Crippen molar-refractivity contribution in [1.29, 1.82) is 0 Å². The van der Waals surface area contributed by atoms with Crippen LogP contribution in [0.15, 0.2) is 60.7 Å². The Kier molecular flexibility index (Phi) is 19.0. The molecule has 0 saturated heterocycles. The van der Waals surface area contributed by atoms with Gasteiger partial charge in [0.2, 0.25) is 20.6 Å². The number of Topliss-reactive ketones (excluding diaryl/α,β-unsaturated/α-hetero) is 1. The van der Waals surface area contributed by atoms with Gasteiger partial charge in [0.15, 0.2) is 0 Å². The molecule has 0 amide bonds. The van der Waals surface area contributed by atoms with E-state index >= 15 is 0 Å².